The van der Waals surface area contributed by atoms with Crippen LogP contribution in [0.1, 0.15) is 32.6 Å². The highest BCUT2D eigenvalue weighted by atomic mass is 16.4. The lowest BCUT2D eigenvalue weighted by atomic mass is 10.0. The fraction of sp³-hybridized carbons (Fsp3) is 0.800. The van der Waals surface area contributed by atoms with Crippen molar-refractivity contribution in [2.75, 3.05) is 6.54 Å². The summed E-state index contributed by atoms with van der Waals surface area (Å²) in [5.74, 6) is -1.14. The first-order chi connectivity index (χ1) is 6.65. The molecule has 0 heterocycles. The monoisotopic (exact) mass is 199 g/mol. The van der Waals surface area contributed by atoms with Crippen molar-refractivity contribution in [3.8, 4) is 0 Å². The molecule has 1 amide bonds. The summed E-state index contributed by atoms with van der Waals surface area (Å²) < 4.78 is 0. The molecular formula is C10H17NO3. The van der Waals surface area contributed by atoms with Crippen LogP contribution in [0.4, 0.5) is 0 Å². The van der Waals surface area contributed by atoms with Crippen molar-refractivity contribution in [1.82, 2.24) is 5.32 Å². The summed E-state index contributed by atoms with van der Waals surface area (Å²) >= 11 is 0. The predicted molar refractivity (Wildman–Crippen MR) is 51.8 cm³/mol. The Hall–Kier alpha value is -1.06. The highest BCUT2D eigenvalue weighted by molar-refractivity contribution is 5.80. The summed E-state index contributed by atoms with van der Waals surface area (Å²) in [6, 6.07) is 0. The molecule has 0 saturated heterocycles. The maximum Gasteiger partial charge on any atom is 0.306 e. The van der Waals surface area contributed by atoms with Crippen LogP contribution in [0, 0.1) is 11.8 Å². The number of hydrogen-bond donors (Lipinski definition) is 2. The van der Waals surface area contributed by atoms with Crippen LogP contribution in [0.5, 0.6) is 0 Å². The molecule has 0 aromatic heterocycles. The Morgan fingerprint density at radius 1 is 1.36 bits per heavy atom. The van der Waals surface area contributed by atoms with E-state index in [0.717, 1.165) is 6.42 Å². The maximum atomic E-state index is 11.5. The number of hydrogen-bond acceptors (Lipinski definition) is 2. The zero-order valence-corrected chi connectivity index (χ0v) is 8.45. The van der Waals surface area contributed by atoms with Crippen molar-refractivity contribution in [3.05, 3.63) is 0 Å². The van der Waals surface area contributed by atoms with Crippen LogP contribution >= 0.6 is 0 Å². The Morgan fingerprint density at radius 2 is 2.00 bits per heavy atom. The number of rotatable bonds is 4. The van der Waals surface area contributed by atoms with E-state index in [0.29, 0.717) is 25.8 Å². The van der Waals surface area contributed by atoms with Crippen molar-refractivity contribution in [3.63, 3.8) is 0 Å². The van der Waals surface area contributed by atoms with Gasteiger partial charge < -0.3 is 10.4 Å². The van der Waals surface area contributed by atoms with Gasteiger partial charge in [0, 0.05) is 12.5 Å². The molecule has 4 heteroatoms. The second-order valence-electron chi connectivity index (χ2n) is 3.84. The van der Waals surface area contributed by atoms with Crippen molar-refractivity contribution in [2.45, 2.75) is 32.6 Å². The zero-order valence-electron chi connectivity index (χ0n) is 8.45. The van der Waals surface area contributed by atoms with Crippen LogP contribution < -0.4 is 5.32 Å². The van der Waals surface area contributed by atoms with E-state index in [1.807, 2.05) is 6.92 Å². The molecule has 2 atom stereocenters. The van der Waals surface area contributed by atoms with Crippen LogP contribution in [0.3, 0.4) is 0 Å². The minimum atomic E-state index is -0.768. The van der Waals surface area contributed by atoms with E-state index in [4.69, 9.17) is 5.11 Å². The van der Waals surface area contributed by atoms with E-state index >= 15 is 0 Å². The van der Waals surface area contributed by atoms with E-state index in [1.54, 1.807) is 0 Å². The number of carboxylic acids is 1. The van der Waals surface area contributed by atoms with Crippen LogP contribution in [0.15, 0.2) is 0 Å². The fourth-order valence-electron chi connectivity index (χ4n) is 1.84. The number of nitrogens with one attached hydrogen (secondary N) is 1. The molecule has 1 aliphatic carbocycles. The Morgan fingerprint density at radius 3 is 2.50 bits per heavy atom. The quantitative estimate of drug-likeness (QED) is 0.710. The molecule has 80 valence electrons. The Labute approximate surface area is 83.7 Å². The molecular weight excluding hydrogens is 182 g/mol. The minimum absolute atomic E-state index is 0.0237. The zero-order chi connectivity index (χ0) is 10.6. The minimum Gasteiger partial charge on any atom is -0.481 e. The second-order valence-corrected chi connectivity index (χ2v) is 3.84. The number of carbonyl (C=O) groups excluding carboxylic acids is 1. The third-order valence-corrected chi connectivity index (χ3v) is 2.70. The average molecular weight is 199 g/mol. The summed E-state index contributed by atoms with van der Waals surface area (Å²) in [6.07, 6.45) is 2.78. The van der Waals surface area contributed by atoms with Crippen molar-refractivity contribution in [2.24, 2.45) is 11.8 Å². The Bertz CT molecular complexity index is 227. The highest BCUT2D eigenvalue weighted by Gasteiger charge is 2.33. The molecule has 2 unspecified atom stereocenters. The van der Waals surface area contributed by atoms with Gasteiger partial charge >= 0.3 is 5.97 Å². The van der Waals surface area contributed by atoms with Crippen LogP contribution in [0.2, 0.25) is 0 Å². The molecule has 1 aliphatic rings. The highest BCUT2D eigenvalue weighted by Crippen LogP contribution is 2.30. The number of carboxylic acid groups (broad SMARTS) is 1. The standard InChI is InChI=1S/C10H17NO3/c1-2-5-11-9(12)7-3-4-8(6-7)10(13)14/h7-8H,2-6H2,1H3,(H,11,12)(H,13,14). The summed E-state index contributed by atoms with van der Waals surface area (Å²) in [7, 11) is 0. The second kappa shape index (κ2) is 4.98. The van der Waals surface area contributed by atoms with Crippen molar-refractivity contribution >= 4 is 11.9 Å². The topological polar surface area (TPSA) is 66.4 Å². The van der Waals surface area contributed by atoms with Gasteiger partial charge in [-0.25, -0.2) is 0 Å². The lowest BCUT2D eigenvalue weighted by Gasteiger charge is -2.09. The molecule has 1 fully saturated rings. The predicted octanol–water partition coefficient (Wildman–Crippen LogP) is 1.01. The van der Waals surface area contributed by atoms with Crippen LogP contribution in [-0.4, -0.2) is 23.5 Å². The SMILES string of the molecule is CCCNC(=O)C1CCC(C(=O)O)C1. The van der Waals surface area contributed by atoms with Crippen molar-refractivity contribution in [1.29, 1.82) is 0 Å². The van der Waals surface area contributed by atoms with Gasteiger partial charge in [-0.3, -0.25) is 9.59 Å². The van der Waals surface area contributed by atoms with Crippen LogP contribution in [0.25, 0.3) is 0 Å². The molecule has 0 aromatic rings. The van der Waals surface area contributed by atoms with Gasteiger partial charge in [0.2, 0.25) is 5.91 Å². The summed E-state index contributed by atoms with van der Waals surface area (Å²) in [5.41, 5.74) is 0. The normalized spacial score (nSPS) is 26.1. The number of aliphatic carboxylic acids is 1. The molecule has 0 radical (unpaired) electrons. The van der Waals surface area contributed by atoms with E-state index in [9.17, 15) is 9.59 Å². The van der Waals surface area contributed by atoms with Gasteiger partial charge in [-0.2, -0.15) is 0 Å². The lowest BCUT2D eigenvalue weighted by molar-refractivity contribution is -0.141. The van der Waals surface area contributed by atoms with E-state index in [2.05, 4.69) is 5.32 Å². The summed E-state index contributed by atoms with van der Waals surface area (Å²) in [5, 5.41) is 11.6. The molecule has 2 N–H and O–H groups in total. The van der Waals surface area contributed by atoms with Gasteiger partial charge in [0.15, 0.2) is 0 Å². The third kappa shape index (κ3) is 2.72. The van der Waals surface area contributed by atoms with E-state index < -0.39 is 5.97 Å². The lowest BCUT2D eigenvalue weighted by Crippen LogP contribution is -2.30. The Kier molecular flexibility index (Phi) is 3.92. The van der Waals surface area contributed by atoms with Gasteiger partial charge in [0.1, 0.15) is 0 Å². The first-order valence-corrected chi connectivity index (χ1v) is 5.15. The fourth-order valence-corrected chi connectivity index (χ4v) is 1.84. The molecule has 0 bridgehead atoms. The molecule has 4 nitrogen and oxygen atoms in total. The van der Waals surface area contributed by atoms with Gasteiger partial charge in [0.25, 0.3) is 0 Å². The number of carbonyl (C=O) groups is 2. The molecule has 1 saturated carbocycles. The first-order valence-electron chi connectivity index (χ1n) is 5.15. The third-order valence-electron chi connectivity index (χ3n) is 2.70. The molecule has 0 aromatic carbocycles. The molecule has 1 rings (SSSR count). The van der Waals surface area contributed by atoms with Gasteiger partial charge in [-0.1, -0.05) is 6.92 Å². The molecule has 0 aliphatic heterocycles. The maximum absolute atomic E-state index is 11.5. The average Bonchev–Trinajstić information content (AvgIpc) is 2.62. The smallest absolute Gasteiger partial charge is 0.306 e. The van der Waals surface area contributed by atoms with Crippen LogP contribution in [-0.2, 0) is 9.59 Å². The van der Waals surface area contributed by atoms with E-state index in [1.165, 1.54) is 0 Å². The van der Waals surface area contributed by atoms with Gasteiger partial charge in [-0.05, 0) is 25.7 Å². The van der Waals surface area contributed by atoms with Gasteiger partial charge in [-0.15, -0.1) is 0 Å². The number of amides is 1. The Balaban J connectivity index is 2.34. The molecule has 0 spiro atoms. The van der Waals surface area contributed by atoms with Crippen molar-refractivity contribution < 1.29 is 14.7 Å². The first kappa shape index (κ1) is 11.0. The van der Waals surface area contributed by atoms with E-state index in [-0.39, 0.29) is 17.7 Å². The van der Waals surface area contributed by atoms with Gasteiger partial charge in [0.05, 0.1) is 5.92 Å². The summed E-state index contributed by atoms with van der Waals surface area (Å²) in [4.78, 5) is 22.1. The molecule has 14 heavy (non-hydrogen) atoms. The largest absolute Gasteiger partial charge is 0.481 e. The summed E-state index contributed by atoms with van der Waals surface area (Å²) in [6.45, 7) is 2.68.